The zero-order chi connectivity index (χ0) is 25.7. The van der Waals surface area contributed by atoms with E-state index < -0.39 is 0 Å². The standard InChI is InChI=1S/C25H26Cl2N6O3/c1-16-11-17(13-19(12-16)36-2)3-4-20-23-24(30-21(34)5-8-26)28-15-29-25(23)33(31-20)18-7-10-32(14-18)22(35)6-9-27/h11-13,15,18H,5-10,14H2,1-2H3,(H,28,29,30,34)/t18-/m0/s1. The number of amides is 2. The number of nitrogens with zero attached hydrogens (tertiary/aromatic N) is 5. The first-order chi connectivity index (χ1) is 17.4. The SMILES string of the molecule is COc1cc(C)cc(C#Cc2nn([C@H]3CCN(C(=O)CCCl)C3)c3ncnc(NC(=O)CCCl)c23)c1. The molecule has 1 aliphatic heterocycles. The van der Waals surface area contributed by atoms with Crippen LogP contribution in [0.1, 0.15) is 42.1 Å². The number of carbonyl (C=O) groups excluding carboxylic acids is 2. The summed E-state index contributed by atoms with van der Waals surface area (Å²) in [5.41, 5.74) is 2.74. The van der Waals surface area contributed by atoms with Gasteiger partial charge in [0.05, 0.1) is 18.5 Å². The molecule has 36 heavy (non-hydrogen) atoms. The van der Waals surface area contributed by atoms with Crippen LogP contribution in [0, 0.1) is 18.8 Å². The molecule has 0 spiro atoms. The fourth-order valence-corrected chi connectivity index (χ4v) is 4.50. The van der Waals surface area contributed by atoms with Crippen LogP contribution in [-0.2, 0) is 9.59 Å². The van der Waals surface area contributed by atoms with Gasteiger partial charge in [-0.2, -0.15) is 5.10 Å². The maximum atomic E-state index is 12.4. The number of hydrogen-bond donors (Lipinski definition) is 1. The maximum Gasteiger partial charge on any atom is 0.226 e. The van der Waals surface area contributed by atoms with E-state index in [9.17, 15) is 9.59 Å². The molecule has 0 unspecified atom stereocenters. The minimum absolute atomic E-state index is 0.0148. The van der Waals surface area contributed by atoms with Crippen LogP contribution in [0.25, 0.3) is 11.0 Å². The number of benzene rings is 1. The lowest BCUT2D eigenvalue weighted by molar-refractivity contribution is -0.129. The van der Waals surface area contributed by atoms with E-state index in [0.717, 1.165) is 11.1 Å². The maximum absolute atomic E-state index is 12.4. The van der Waals surface area contributed by atoms with Crippen LogP contribution in [0.5, 0.6) is 5.75 Å². The van der Waals surface area contributed by atoms with Gasteiger partial charge in [0.15, 0.2) is 5.65 Å². The first kappa shape index (κ1) is 25.7. The smallest absolute Gasteiger partial charge is 0.226 e. The molecule has 0 saturated carbocycles. The van der Waals surface area contributed by atoms with Crippen LogP contribution < -0.4 is 10.1 Å². The van der Waals surface area contributed by atoms with E-state index in [1.54, 1.807) is 16.7 Å². The Kier molecular flexibility index (Phi) is 8.28. The number of likely N-dealkylation sites (tertiary alicyclic amines) is 1. The molecule has 4 rings (SSSR count). The number of hydrogen-bond acceptors (Lipinski definition) is 6. The van der Waals surface area contributed by atoms with Crippen LogP contribution in [0.4, 0.5) is 5.82 Å². The Morgan fingerprint density at radius 1 is 1.17 bits per heavy atom. The molecule has 3 heterocycles. The molecule has 0 radical (unpaired) electrons. The van der Waals surface area contributed by atoms with Crippen molar-refractivity contribution in [3.63, 3.8) is 0 Å². The number of carbonyl (C=O) groups is 2. The van der Waals surface area contributed by atoms with Gasteiger partial charge in [-0.1, -0.05) is 5.92 Å². The molecule has 9 nitrogen and oxygen atoms in total. The number of methoxy groups -OCH3 is 1. The lowest BCUT2D eigenvalue weighted by Crippen LogP contribution is -2.29. The van der Waals surface area contributed by atoms with Crippen molar-refractivity contribution in [3.05, 3.63) is 41.3 Å². The van der Waals surface area contributed by atoms with Gasteiger partial charge in [-0.15, -0.1) is 23.2 Å². The number of rotatable bonds is 7. The highest BCUT2D eigenvalue weighted by molar-refractivity contribution is 6.19. The highest BCUT2D eigenvalue weighted by Crippen LogP contribution is 2.30. The molecular weight excluding hydrogens is 503 g/mol. The fraction of sp³-hybridized carbons (Fsp3) is 0.400. The van der Waals surface area contributed by atoms with E-state index in [2.05, 4.69) is 27.1 Å². The molecule has 1 saturated heterocycles. The van der Waals surface area contributed by atoms with Gasteiger partial charge in [-0.25, -0.2) is 14.6 Å². The number of anilines is 1. The second-order valence-corrected chi connectivity index (χ2v) is 9.17. The molecule has 2 amide bonds. The predicted octanol–water partition coefficient (Wildman–Crippen LogP) is 3.51. The molecule has 11 heteroatoms. The summed E-state index contributed by atoms with van der Waals surface area (Å²) in [7, 11) is 1.61. The summed E-state index contributed by atoms with van der Waals surface area (Å²) in [4.78, 5) is 35.2. The summed E-state index contributed by atoms with van der Waals surface area (Å²) in [5.74, 6) is 7.53. The minimum atomic E-state index is -0.265. The van der Waals surface area contributed by atoms with Gasteiger partial charge in [-0.05, 0) is 43.0 Å². The molecule has 188 valence electrons. The molecule has 1 fully saturated rings. The summed E-state index contributed by atoms with van der Waals surface area (Å²) in [6, 6.07) is 5.62. The molecule has 1 atom stereocenters. The Bertz CT molecular complexity index is 1350. The first-order valence-electron chi connectivity index (χ1n) is 11.5. The van der Waals surface area contributed by atoms with Gasteiger partial charge in [0.1, 0.15) is 23.6 Å². The Labute approximate surface area is 219 Å². The number of halogens is 2. The second-order valence-electron chi connectivity index (χ2n) is 8.41. The molecule has 2 aromatic heterocycles. The first-order valence-corrected chi connectivity index (χ1v) is 12.6. The largest absolute Gasteiger partial charge is 0.497 e. The minimum Gasteiger partial charge on any atom is -0.497 e. The number of nitrogens with one attached hydrogen (secondary N) is 1. The number of fused-ring (bicyclic) bond motifs is 1. The summed E-state index contributed by atoms with van der Waals surface area (Å²) in [6.45, 7) is 3.07. The second kappa shape index (κ2) is 11.6. The normalized spacial score (nSPS) is 15.0. The van der Waals surface area contributed by atoms with E-state index in [-0.39, 0.29) is 36.0 Å². The van der Waals surface area contributed by atoms with E-state index >= 15 is 0 Å². The molecule has 1 aromatic carbocycles. The number of alkyl halides is 2. The van der Waals surface area contributed by atoms with Crippen molar-refractivity contribution >= 4 is 51.9 Å². The van der Waals surface area contributed by atoms with Gasteiger partial charge < -0.3 is 15.0 Å². The zero-order valence-corrected chi connectivity index (χ0v) is 21.6. The summed E-state index contributed by atoms with van der Waals surface area (Å²) in [6.07, 6.45) is 2.53. The van der Waals surface area contributed by atoms with Crippen LogP contribution in [0.3, 0.4) is 0 Å². The third kappa shape index (κ3) is 5.72. The van der Waals surface area contributed by atoms with E-state index in [0.29, 0.717) is 54.2 Å². The number of aromatic nitrogens is 4. The third-order valence-corrected chi connectivity index (χ3v) is 6.23. The molecule has 0 aliphatic carbocycles. The molecular formula is C25H26Cl2N6O3. The van der Waals surface area contributed by atoms with Crippen molar-refractivity contribution in [2.24, 2.45) is 0 Å². The van der Waals surface area contributed by atoms with E-state index in [1.807, 2.05) is 25.1 Å². The lowest BCUT2D eigenvalue weighted by Gasteiger charge is -2.16. The van der Waals surface area contributed by atoms with Crippen molar-refractivity contribution in [2.75, 3.05) is 37.3 Å². The molecule has 1 N–H and O–H groups in total. The lowest BCUT2D eigenvalue weighted by atomic mass is 10.1. The van der Waals surface area contributed by atoms with Crippen LogP contribution in [0.15, 0.2) is 24.5 Å². The quantitative estimate of drug-likeness (QED) is 0.371. The van der Waals surface area contributed by atoms with Crippen LogP contribution in [0.2, 0.25) is 0 Å². The molecule has 3 aromatic rings. The third-order valence-electron chi connectivity index (χ3n) is 5.85. The van der Waals surface area contributed by atoms with Crippen molar-refractivity contribution in [1.82, 2.24) is 24.6 Å². The van der Waals surface area contributed by atoms with Gasteiger partial charge in [0.25, 0.3) is 0 Å². The highest BCUT2D eigenvalue weighted by Gasteiger charge is 2.30. The Morgan fingerprint density at radius 3 is 2.72 bits per heavy atom. The van der Waals surface area contributed by atoms with Crippen LogP contribution in [-0.4, -0.2) is 68.4 Å². The number of aryl methyl sites for hydroxylation is 1. The van der Waals surface area contributed by atoms with Gasteiger partial charge in [0, 0.05) is 43.3 Å². The summed E-state index contributed by atoms with van der Waals surface area (Å²) in [5, 5.41) is 8.12. The molecule has 1 aliphatic rings. The topological polar surface area (TPSA) is 102 Å². The predicted molar refractivity (Wildman–Crippen MR) is 139 cm³/mol. The average Bonchev–Trinajstić information content (AvgIpc) is 3.48. The van der Waals surface area contributed by atoms with Crippen LogP contribution >= 0.6 is 23.2 Å². The Balaban J connectivity index is 1.77. The van der Waals surface area contributed by atoms with Gasteiger partial charge >= 0.3 is 0 Å². The van der Waals surface area contributed by atoms with Crippen molar-refractivity contribution in [3.8, 4) is 17.6 Å². The Hall–Kier alpha value is -3.35. The van der Waals surface area contributed by atoms with E-state index in [1.165, 1.54) is 6.33 Å². The average molecular weight is 529 g/mol. The summed E-state index contributed by atoms with van der Waals surface area (Å²) < 4.78 is 7.14. The van der Waals surface area contributed by atoms with Crippen molar-refractivity contribution < 1.29 is 14.3 Å². The van der Waals surface area contributed by atoms with Gasteiger partial charge in [-0.3, -0.25) is 9.59 Å². The van der Waals surface area contributed by atoms with Crippen molar-refractivity contribution in [2.45, 2.75) is 32.2 Å². The fourth-order valence-electron chi connectivity index (χ4n) is 4.17. The monoisotopic (exact) mass is 528 g/mol. The zero-order valence-electron chi connectivity index (χ0n) is 20.1. The Morgan fingerprint density at radius 2 is 1.97 bits per heavy atom. The van der Waals surface area contributed by atoms with E-state index in [4.69, 9.17) is 33.0 Å². The highest BCUT2D eigenvalue weighted by atomic mass is 35.5. The van der Waals surface area contributed by atoms with Crippen molar-refractivity contribution in [1.29, 1.82) is 0 Å². The summed E-state index contributed by atoms with van der Waals surface area (Å²) >= 11 is 11.5. The van der Waals surface area contributed by atoms with Gasteiger partial charge in [0.2, 0.25) is 11.8 Å². The number of ether oxygens (including phenoxy) is 1. The molecule has 0 bridgehead atoms.